The van der Waals surface area contributed by atoms with Crippen LogP contribution < -0.4 is 0 Å². The molecule has 0 amide bonds. The Hall–Kier alpha value is -1.03. The van der Waals surface area contributed by atoms with E-state index in [1.807, 2.05) is 18.2 Å². The third kappa shape index (κ3) is 2.86. The molecule has 0 saturated heterocycles. The molecule has 0 fully saturated rings. The maximum absolute atomic E-state index is 10.5. The Labute approximate surface area is 116 Å². The first kappa shape index (κ1) is 13.4. The molecule has 1 aliphatic heterocycles. The van der Waals surface area contributed by atoms with Gasteiger partial charge in [0.1, 0.15) is 0 Å². The summed E-state index contributed by atoms with van der Waals surface area (Å²) in [6.45, 7) is 4.52. The van der Waals surface area contributed by atoms with Crippen molar-refractivity contribution >= 4 is 29.6 Å². The van der Waals surface area contributed by atoms with Crippen LogP contribution in [0.4, 0.5) is 0 Å². The SMILES string of the molecule is C=C(C=O)S/C(Cl)=C/C1c2ccccc2CN1C. The second-order valence-corrected chi connectivity index (χ2v) is 6.02. The zero-order chi connectivity index (χ0) is 13.1. The summed E-state index contributed by atoms with van der Waals surface area (Å²) in [5.41, 5.74) is 2.60. The Morgan fingerprint density at radius 1 is 1.56 bits per heavy atom. The number of allylic oxidation sites excluding steroid dienone is 1. The highest BCUT2D eigenvalue weighted by Crippen LogP contribution is 2.37. The Kier molecular flexibility index (Phi) is 4.27. The van der Waals surface area contributed by atoms with Gasteiger partial charge in [-0.05, 0) is 24.3 Å². The predicted molar refractivity (Wildman–Crippen MR) is 77.4 cm³/mol. The molecule has 0 N–H and O–H groups in total. The van der Waals surface area contributed by atoms with Gasteiger partial charge in [0, 0.05) is 11.4 Å². The van der Waals surface area contributed by atoms with Crippen molar-refractivity contribution in [3.05, 3.63) is 57.3 Å². The average molecular weight is 280 g/mol. The lowest BCUT2D eigenvalue weighted by Crippen LogP contribution is -2.14. The van der Waals surface area contributed by atoms with E-state index in [1.165, 1.54) is 22.9 Å². The maximum atomic E-state index is 10.5. The minimum Gasteiger partial charge on any atom is -0.297 e. The molecule has 0 bridgehead atoms. The van der Waals surface area contributed by atoms with Gasteiger partial charge in [0.05, 0.1) is 10.4 Å². The van der Waals surface area contributed by atoms with Crippen LogP contribution in [-0.4, -0.2) is 18.2 Å². The molecule has 18 heavy (non-hydrogen) atoms. The predicted octanol–water partition coefficient (Wildman–Crippen LogP) is 3.70. The fourth-order valence-corrected chi connectivity index (χ4v) is 3.01. The van der Waals surface area contributed by atoms with Gasteiger partial charge in [-0.3, -0.25) is 9.69 Å². The Morgan fingerprint density at radius 3 is 3.00 bits per heavy atom. The zero-order valence-electron chi connectivity index (χ0n) is 10.1. The largest absolute Gasteiger partial charge is 0.297 e. The highest BCUT2D eigenvalue weighted by atomic mass is 35.5. The zero-order valence-corrected chi connectivity index (χ0v) is 11.7. The number of fused-ring (bicyclic) bond motifs is 1. The minimum absolute atomic E-state index is 0.167. The van der Waals surface area contributed by atoms with Crippen LogP contribution in [-0.2, 0) is 11.3 Å². The van der Waals surface area contributed by atoms with Crippen LogP contribution in [0.1, 0.15) is 17.2 Å². The monoisotopic (exact) mass is 279 g/mol. The number of thioether (sulfide) groups is 1. The van der Waals surface area contributed by atoms with Crippen LogP contribution in [0.2, 0.25) is 0 Å². The van der Waals surface area contributed by atoms with E-state index >= 15 is 0 Å². The summed E-state index contributed by atoms with van der Waals surface area (Å²) < 4.78 is 0.584. The van der Waals surface area contributed by atoms with E-state index in [1.54, 1.807) is 0 Å². The smallest absolute Gasteiger partial charge is 0.156 e. The third-order valence-electron chi connectivity index (χ3n) is 2.92. The third-order valence-corrected chi connectivity index (χ3v) is 3.96. The highest BCUT2D eigenvalue weighted by Gasteiger charge is 2.25. The van der Waals surface area contributed by atoms with Crippen molar-refractivity contribution in [2.24, 2.45) is 0 Å². The van der Waals surface area contributed by atoms with E-state index in [2.05, 4.69) is 30.7 Å². The normalized spacial score (nSPS) is 19.7. The summed E-state index contributed by atoms with van der Waals surface area (Å²) in [6.07, 6.45) is 2.68. The van der Waals surface area contributed by atoms with E-state index in [-0.39, 0.29) is 6.04 Å². The van der Waals surface area contributed by atoms with E-state index in [0.717, 1.165) is 6.54 Å². The lowest BCUT2D eigenvalue weighted by molar-refractivity contribution is -0.104. The van der Waals surface area contributed by atoms with Crippen molar-refractivity contribution in [3.63, 3.8) is 0 Å². The summed E-state index contributed by atoms with van der Waals surface area (Å²) >= 11 is 7.34. The molecule has 0 spiro atoms. The van der Waals surface area contributed by atoms with E-state index < -0.39 is 0 Å². The molecule has 1 atom stereocenters. The summed E-state index contributed by atoms with van der Waals surface area (Å²) in [5.74, 6) is 0. The first-order valence-electron chi connectivity index (χ1n) is 5.59. The lowest BCUT2D eigenvalue weighted by Gasteiger charge is -2.16. The number of benzene rings is 1. The first-order valence-corrected chi connectivity index (χ1v) is 6.78. The minimum atomic E-state index is 0.167. The summed E-state index contributed by atoms with van der Waals surface area (Å²) in [4.78, 5) is 13.2. The van der Waals surface area contributed by atoms with Crippen molar-refractivity contribution in [2.45, 2.75) is 12.6 Å². The molecule has 94 valence electrons. The molecule has 2 rings (SSSR count). The Balaban J connectivity index is 2.21. The fourth-order valence-electron chi connectivity index (χ4n) is 2.10. The highest BCUT2D eigenvalue weighted by molar-refractivity contribution is 8.08. The molecule has 0 radical (unpaired) electrons. The van der Waals surface area contributed by atoms with Gasteiger partial charge in [0.25, 0.3) is 0 Å². The van der Waals surface area contributed by atoms with Gasteiger partial charge in [0.15, 0.2) is 6.29 Å². The van der Waals surface area contributed by atoms with E-state index in [0.29, 0.717) is 15.6 Å². The van der Waals surface area contributed by atoms with Gasteiger partial charge in [-0.1, -0.05) is 54.2 Å². The van der Waals surface area contributed by atoms with E-state index in [9.17, 15) is 4.79 Å². The van der Waals surface area contributed by atoms with Gasteiger partial charge in [-0.15, -0.1) is 0 Å². The topological polar surface area (TPSA) is 20.3 Å². The molecular weight excluding hydrogens is 266 g/mol. The van der Waals surface area contributed by atoms with Crippen LogP contribution in [0, 0.1) is 0 Å². The standard InChI is InChI=1S/C14H14ClNOS/c1-10(9-17)18-14(15)7-13-12-6-4-3-5-11(12)8-16(13)2/h3-7,9,13H,1,8H2,2H3/b14-7+. The van der Waals surface area contributed by atoms with Crippen LogP contribution in [0.15, 0.2) is 46.2 Å². The van der Waals surface area contributed by atoms with Gasteiger partial charge in [-0.25, -0.2) is 0 Å². The molecule has 0 aliphatic carbocycles. The number of hydrogen-bond acceptors (Lipinski definition) is 3. The second-order valence-electron chi connectivity index (χ2n) is 4.22. The Bertz CT molecular complexity index is 512. The molecule has 1 aromatic rings. The number of rotatable bonds is 4. The molecule has 0 aromatic heterocycles. The summed E-state index contributed by atoms with van der Waals surface area (Å²) in [7, 11) is 2.06. The van der Waals surface area contributed by atoms with Gasteiger partial charge in [0.2, 0.25) is 0 Å². The molecule has 1 unspecified atom stereocenters. The van der Waals surface area contributed by atoms with Crippen molar-refractivity contribution in [2.75, 3.05) is 7.05 Å². The van der Waals surface area contributed by atoms with Gasteiger partial charge >= 0.3 is 0 Å². The number of aldehydes is 1. The molecule has 0 saturated carbocycles. The molecule has 1 aliphatic rings. The van der Waals surface area contributed by atoms with Crippen molar-refractivity contribution in [3.8, 4) is 0 Å². The number of carbonyl (C=O) groups is 1. The Morgan fingerprint density at radius 2 is 2.28 bits per heavy atom. The van der Waals surface area contributed by atoms with Crippen LogP contribution >= 0.6 is 23.4 Å². The second kappa shape index (κ2) is 5.74. The van der Waals surface area contributed by atoms with Crippen LogP contribution in [0.5, 0.6) is 0 Å². The quantitative estimate of drug-likeness (QED) is 0.619. The van der Waals surface area contributed by atoms with Crippen molar-refractivity contribution in [1.82, 2.24) is 4.90 Å². The van der Waals surface area contributed by atoms with Crippen molar-refractivity contribution in [1.29, 1.82) is 0 Å². The molecule has 4 heteroatoms. The van der Waals surface area contributed by atoms with E-state index in [4.69, 9.17) is 11.6 Å². The first-order chi connectivity index (χ1) is 8.61. The number of halogens is 1. The molecule has 1 aromatic carbocycles. The summed E-state index contributed by atoms with van der Waals surface area (Å²) in [5, 5.41) is 0. The number of likely N-dealkylation sites (N-methyl/N-ethyl adjacent to an activating group) is 1. The van der Waals surface area contributed by atoms with Crippen LogP contribution in [0.25, 0.3) is 0 Å². The summed E-state index contributed by atoms with van der Waals surface area (Å²) in [6, 6.07) is 8.49. The van der Waals surface area contributed by atoms with Gasteiger partial charge < -0.3 is 0 Å². The van der Waals surface area contributed by atoms with Crippen molar-refractivity contribution < 1.29 is 4.79 Å². The number of hydrogen-bond donors (Lipinski definition) is 0. The van der Waals surface area contributed by atoms with Crippen LogP contribution in [0.3, 0.4) is 0 Å². The fraction of sp³-hybridized carbons (Fsp3) is 0.214. The van der Waals surface area contributed by atoms with Gasteiger partial charge in [-0.2, -0.15) is 0 Å². The average Bonchev–Trinajstić information content (AvgIpc) is 2.66. The molecule has 1 heterocycles. The molecule has 2 nitrogen and oxygen atoms in total. The maximum Gasteiger partial charge on any atom is 0.156 e. The number of carbonyl (C=O) groups excluding carboxylic acids is 1. The number of nitrogens with zero attached hydrogens (tertiary/aromatic N) is 1. The lowest BCUT2D eigenvalue weighted by atomic mass is 10.1. The molecular formula is C14H14ClNOS.